The van der Waals surface area contributed by atoms with E-state index in [9.17, 15) is 19.8 Å². The van der Waals surface area contributed by atoms with Crippen LogP contribution in [0.1, 0.15) is 42.9 Å². The fraction of sp³-hybridized carbons (Fsp3) is 0.273. The van der Waals surface area contributed by atoms with Crippen LogP contribution in [0.25, 0.3) is 5.76 Å². The van der Waals surface area contributed by atoms with Crippen molar-refractivity contribution in [2.45, 2.75) is 37.8 Å². The number of rotatable bonds is 3. The highest BCUT2D eigenvalue weighted by molar-refractivity contribution is 6.46. The van der Waals surface area contributed by atoms with Gasteiger partial charge in [0, 0.05) is 11.6 Å². The van der Waals surface area contributed by atoms with Crippen molar-refractivity contribution in [1.29, 1.82) is 0 Å². The maximum absolute atomic E-state index is 12.9. The molecule has 138 valence electrons. The van der Waals surface area contributed by atoms with Crippen LogP contribution >= 0.6 is 0 Å². The van der Waals surface area contributed by atoms with Crippen molar-refractivity contribution >= 4 is 17.4 Å². The topological polar surface area (TPSA) is 77.8 Å². The van der Waals surface area contributed by atoms with E-state index in [2.05, 4.69) is 0 Å². The zero-order valence-electron chi connectivity index (χ0n) is 14.8. The molecule has 5 heteroatoms. The van der Waals surface area contributed by atoms with Gasteiger partial charge in [0.2, 0.25) is 0 Å². The molecule has 2 aromatic rings. The highest BCUT2D eigenvalue weighted by Crippen LogP contribution is 2.43. The quantitative estimate of drug-likeness (QED) is 0.494. The van der Waals surface area contributed by atoms with Crippen molar-refractivity contribution in [2.75, 3.05) is 0 Å². The van der Waals surface area contributed by atoms with Crippen molar-refractivity contribution in [1.82, 2.24) is 4.90 Å². The third-order valence-corrected chi connectivity index (χ3v) is 5.45. The summed E-state index contributed by atoms with van der Waals surface area (Å²) in [5.74, 6) is -1.26. The standard InChI is InChI=1S/C22H21NO4/c24-17-12-10-14(11-13-17)19-18(20(25)15-6-2-1-3-7-15)21(26)22(27)23(19)16-8-4-5-9-16/h1-3,6-7,10-13,16,19,24-25H,4-5,8-9H2/b20-18-. The van der Waals surface area contributed by atoms with Crippen molar-refractivity contribution in [3.8, 4) is 5.75 Å². The van der Waals surface area contributed by atoms with Crippen molar-refractivity contribution in [3.05, 3.63) is 71.3 Å². The molecule has 27 heavy (non-hydrogen) atoms. The molecule has 1 heterocycles. The van der Waals surface area contributed by atoms with Crippen LogP contribution in [-0.2, 0) is 9.59 Å². The number of benzene rings is 2. The van der Waals surface area contributed by atoms with Gasteiger partial charge in [0.1, 0.15) is 11.5 Å². The number of aromatic hydroxyl groups is 1. The van der Waals surface area contributed by atoms with Crippen molar-refractivity contribution < 1.29 is 19.8 Å². The van der Waals surface area contributed by atoms with E-state index in [1.54, 1.807) is 41.3 Å². The number of aliphatic hydroxyl groups excluding tert-OH is 1. The Balaban J connectivity index is 1.88. The second-order valence-electron chi connectivity index (χ2n) is 7.10. The Morgan fingerprint density at radius 2 is 1.56 bits per heavy atom. The molecule has 1 amide bonds. The summed E-state index contributed by atoms with van der Waals surface area (Å²) < 4.78 is 0. The number of Topliss-reactive ketones (excluding diaryl/α,β-unsaturated/α-hetero) is 1. The summed E-state index contributed by atoms with van der Waals surface area (Å²) in [6.45, 7) is 0. The summed E-state index contributed by atoms with van der Waals surface area (Å²) in [5.41, 5.74) is 1.32. The lowest BCUT2D eigenvalue weighted by atomic mass is 9.94. The Labute approximate surface area is 157 Å². The molecule has 1 unspecified atom stereocenters. The van der Waals surface area contributed by atoms with Gasteiger partial charge in [-0.15, -0.1) is 0 Å². The normalized spacial score (nSPS) is 22.5. The molecule has 1 atom stereocenters. The number of carbonyl (C=O) groups is 2. The molecular weight excluding hydrogens is 342 g/mol. The zero-order chi connectivity index (χ0) is 19.0. The van der Waals surface area contributed by atoms with Crippen molar-refractivity contribution in [3.63, 3.8) is 0 Å². The van der Waals surface area contributed by atoms with Gasteiger partial charge in [-0.05, 0) is 30.5 Å². The largest absolute Gasteiger partial charge is 0.508 e. The van der Waals surface area contributed by atoms with Gasteiger partial charge in [0.15, 0.2) is 0 Å². The Hall–Kier alpha value is -3.08. The van der Waals surface area contributed by atoms with E-state index >= 15 is 0 Å². The predicted octanol–water partition coefficient (Wildman–Crippen LogP) is 3.76. The molecule has 1 aliphatic carbocycles. The molecule has 2 aromatic carbocycles. The fourth-order valence-electron chi connectivity index (χ4n) is 4.14. The van der Waals surface area contributed by atoms with Gasteiger partial charge in [-0.1, -0.05) is 55.3 Å². The third-order valence-electron chi connectivity index (χ3n) is 5.45. The number of nitrogens with zero attached hydrogens (tertiary/aromatic N) is 1. The molecule has 0 bridgehead atoms. The first-order valence-corrected chi connectivity index (χ1v) is 9.22. The predicted molar refractivity (Wildman–Crippen MR) is 101 cm³/mol. The van der Waals surface area contributed by atoms with Gasteiger partial charge in [-0.2, -0.15) is 0 Å². The van der Waals surface area contributed by atoms with Gasteiger partial charge >= 0.3 is 0 Å². The molecule has 5 nitrogen and oxygen atoms in total. The summed E-state index contributed by atoms with van der Waals surface area (Å²) in [6, 6.07) is 14.6. The number of phenolic OH excluding ortho intramolecular Hbond substituents is 1. The molecule has 1 aliphatic heterocycles. The maximum Gasteiger partial charge on any atom is 0.295 e. The van der Waals surface area contributed by atoms with Crippen LogP contribution in [0, 0.1) is 0 Å². The number of ketones is 1. The summed E-state index contributed by atoms with van der Waals surface area (Å²) >= 11 is 0. The Bertz CT molecular complexity index is 896. The molecule has 2 N–H and O–H groups in total. The Morgan fingerprint density at radius 3 is 2.19 bits per heavy atom. The maximum atomic E-state index is 12.9. The smallest absolute Gasteiger partial charge is 0.295 e. The molecule has 1 saturated carbocycles. The summed E-state index contributed by atoms with van der Waals surface area (Å²) in [4.78, 5) is 27.4. The second kappa shape index (κ2) is 6.91. The first-order valence-electron chi connectivity index (χ1n) is 9.22. The van der Waals surface area contributed by atoms with Gasteiger partial charge < -0.3 is 15.1 Å². The van der Waals surface area contributed by atoms with E-state index in [4.69, 9.17) is 0 Å². The first-order chi connectivity index (χ1) is 13.1. The van der Waals surface area contributed by atoms with Gasteiger partial charge in [0.25, 0.3) is 11.7 Å². The minimum atomic E-state index is -0.652. The van der Waals surface area contributed by atoms with Crippen LogP contribution in [0.2, 0.25) is 0 Å². The Morgan fingerprint density at radius 1 is 0.926 bits per heavy atom. The number of phenols is 1. The van der Waals surface area contributed by atoms with E-state index in [-0.39, 0.29) is 23.1 Å². The average Bonchev–Trinajstić information content (AvgIpc) is 3.30. The lowest BCUT2D eigenvalue weighted by Gasteiger charge is -2.30. The van der Waals surface area contributed by atoms with Crippen LogP contribution in [0.15, 0.2) is 60.2 Å². The highest BCUT2D eigenvalue weighted by atomic mass is 16.3. The van der Waals surface area contributed by atoms with E-state index in [1.807, 2.05) is 6.07 Å². The van der Waals surface area contributed by atoms with E-state index in [1.165, 1.54) is 12.1 Å². The van der Waals surface area contributed by atoms with Gasteiger partial charge in [0.05, 0.1) is 11.6 Å². The molecule has 2 aliphatic rings. The summed E-state index contributed by atoms with van der Waals surface area (Å²) in [5, 5.41) is 20.5. The number of likely N-dealkylation sites (tertiary alicyclic amines) is 1. The molecule has 0 spiro atoms. The van der Waals surface area contributed by atoms with Gasteiger partial charge in [-0.3, -0.25) is 9.59 Å². The molecule has 1 saturated heterocycles. The number of hydrogen-bond acceptors (Lipinski definition) is 4. The third kappa shape index (κ3) is 2.99. The lowest BCUT2D eigenvalue weighted by Crippen LogP contribution is -2.37. The zero-order valence-corrected chi connectivity index (χ0v) is 14.8. The number of carbonyl (C=O) groups excluding carboxylic acids is 2. The average molecular weight is 363 g/mol. The van der Waals surface area contributed by atoms with Crippen LogP contribution in [-0.4, -0.2) is 32.8 Å². The monoisotopic (exact) mass is 363 g/mol. The molecular formula is C22H21NO4. The summed E-state index contributed by atoms with van der Waals surface area (Å²) in [7, 11) is 0. The molecule has 0 aromatic heterocycles. The fourth-order valence-corrected chi connectivity index (χ4v) is 4.14. The van der Waals surface area contributed by atoms with E-state index < -0.39 is 17.7 Å². The summed E-state index contributed by atoms with van der Waals surface area (Å²) in [6.07, 6.45) is 3.75. The Kier molecular flexibility index (Phi) is 4.44. The molecule has 0 radical (unpaired) electrons. The molecule has 2 fully saturated rings. The van der Waals surface area contributed by atoms with Gasteiger partial charge in [-0.25, -0.2) is 0 Å². The first kappa shape index (κ1) is 17.3. The van der Waals surface area contributed by atoms with Crippen LogP contribution in [0.4, 0.5) is 0 Å². The minimum absolute atomic E-state index is 0.0127. The minimum Gasteiger partial charge on any atom is -0.508 e. The van der Waals surface area contributed by atoms with E-state index in [0.717, 1.165) is 25.7 Å². The number of aliphatic hydroxyl groups is 1. The second-order valence-corrected chi connectivity index (χ2v) is 7.10. The van der Waals surface area contributed by atoms with Crippen LogP contribution in [0.5, 0.6) is 5.75 Å². The van der Waals surface area contributed by atoms with Crippen LogP contribution in [0.3, 0.4) is 0 Å². The SMILES string of the molecule is O=C1C(=O)N(C2CCCC2)C(c2ccc(O)cc2)/C1=C(/O)c1ccccc1. The molecule has 4 rings (SSSR count). The number of hydrogen-bond donors (Lipinski definition) is 2. The highest BCUT2D eigenvalue weighted by Gasteiger charge is 2.49. The van der Waals surface area contributed by atoms with E-state index in [0.29, 0.717) is 11.1 Å². The van der Waals surface area contributed by atoms with Crippen molar-refractivity contribution in [2.24, 2.45) is 0 Å². The lowest BCUT2D eigenvalue weighted by molar-refractivity contribution is -0.141. The van der Waals surface area contributed by atoms with Crippen LogP contribution < -0.4 is 0 Å². The number of amides is 1.